The molecule has 2 aromatic carbocycles. The molecule has 20 heavy (non-hydrogen) atoms. The number of para-hydroxylation sites is 3. The van der Waals surface area contributed by atoms with E-state index in [9.17, 15) is 0 Å². The van der Waals surface area contributed by atoms with Gasteiger partial charge in [-0.25, -0.2) is 0 Å². The molecule has 2 heteroatoms. The lowest BCUT2D eigenvalue weighted by Crippen LogP contribution is -1.99. The number of allylic oxidation sites excluding steroid dienone is 3. The fourth-order valence-corrected chi connectivity index (χ4v) is 1.78. The SMILES string of the molecule is C=C/C=C\C(=C)Nc1ccccc1Nc1ccccc1. The molecule has 0 spiro atoms. The van der Waals surface area contributed by atoms with Gasteiger partial charge in [0.05, 0.1) is 11.4 Å². The van der Waals surface area contributed by atoms with Gasteiger partial charge >= 0.3 is 0 Å². The first kappa shape index (κ1) is 13.7. The smallest absolute Gasteiger partial charge is 0.0623 e. The molecule has 0 atom stereocenters. The summed E-state index contributed by atoms with van der Waals surface area (Å²) in [6, 6.07) is 18.1. The van der Waals surface area contributed by atoms with Crippen molar-refractivity contribution in [1.82, 2.24) is 0 Å². The number of hydrogen-bond acceptors (Lipinski definition) is 2. The van der Waals surface area contributed by atoms with Gasteiger partial charge in [0.15, 0.2) is 0 Å². The van der Waals surface area contributed by atoms with Crippen molar-refractivity contribution >= 4 is 17.1 Å². The number of benzene rings is 2. The van der Waals surface area contributed by atoms with Gasteiger partial charge in [-0.1, -0.05) is 55.6 Å². The Bertz CT molecular complexity index is 612. The van der Waals surface area contributed by atoms with Crippen LogP contribution in [0.15, 0.2) is 91.7 Å². The maximum atomic E-state index is 3.96. The van der Waals surface area contributed by atoms with Crippen LogP contribution in [-0.4, -0.2) is 0 Å². The molecule has 0 saturated heterocycles. The van der Waals surface area contributed by atoms with Gasteiger partial charge in [0.25, 0.3) is 0 Å². The molecule has 0 aromatic heterocycles. The van der Waals surface area contributed by atoms with E-state index in [2.05, 4.69) is 23.8 Å². The van der Waals surface area contributed by atoms with Crippen LogP contribution < -0.4 is 10.6 Å². The molecule has 0 unspecified atom stereocenters. The van der Waals surface area contributed by atoms with Crippen molar-refractivity contribution in [2.45, 2.75) is 0 Å². The second kappa shape index (κ2) is 7.00. The van der Waals surface area contributed by atoms with Gasteiger partial charge in [-0.15, -0.1) is 0 Å². The highest BCUT2D eigenvalue weighted by Crippen LogP contribution is 2.26. The fraction of sp³-hybridized carbons (Fsp3) is 0. The second-order valence-electron chi connectivity index (χ2n) is 4.28. The number of rotatable bonds is 6. The van der Waals surface area contributed by atoms with Crippen LogP contribution in [0.4, 0.5) is 17.1 Å². The Morgan fingerprint density at radius 3 is 2.25 bits per heavy atom. The van der Waals surface area contributed by atoms with E-state index in [1.165, 1.54) is 0 Å². The van der Waals surface area contributed by atoms with Crippen LogP contribution in [0.1, 0.15) is 0 Å². The molecule has 0 radical (unpaired) electrons. The van der Waals surface area contributed by atoms with Crippen LogP contribution in [-0.2, 0) is 0 Å². The molecule has 100 valence electrons. The van der Waals surface area contributed by atoms with E-state index in [0.717, 1.165) is 22.8 Å². The lowest BCUT2D eigenvalue weighted by Gasteiger charge is -2.13. The molecule has 2 nitrogen and oxygen atoms in total. The van der Waals surface area contributed by atoms with Crippen LogP contribution >= 0.6 is 0 Å². The van der Waals surface area contributed by atoms with Crippen molar-refractivity contribution in [3.05, 3.63) is 91.7 Å². The molecule has 0 aliphatic carbocycles. The summed E-state index contributed by atoms with van der Waals surface area (Å²) in [5.41, 5.74) is 3.85. The fourth-order valence-electron chi connectivity index (χ4n) is 1.78. The summed E-state index contributed by atoms with van der Waals surface area (Å²) in [5, 5.41) is 6.66. The second-order valence-corrected chi connectivity index (χ2v) is 4.28. The van der Waals surface area contributed by atoms with Gasteiger partial charge in [-0.05, 0) is 30.3 Å². The van der Waals surface area contributed by atoms with Crippen molar-refractivity contribution in [1.29, 1.82) is 0 Å². The highest BCUT2D eigenvalue weighted by molar-refractivity contribution is 5.75. The molecule has 0 aliphatic heterocycles. The summed E-state index contributed by atoms with van der Waals surface area (Å²) in [7, 11) is 0. The minimum Gasteiger partial charge on any atom is -0.354 e. The van der Waals surface area contributed by atoms with Gasteiger partial charge in [0.2, 0.25) is 0 Å². The minimum absolute atomic E-state index is 0.812. The third-order valence-electron chi connectivity index (χ3n) is 2.71. The summed E-state index contributed by atoms with van der Waals surface area (Å²) in [5.74, 6) is 0. The van der Waals surface area contributed by atoms with Gasteiger partial charge in [0.1, 0.15) is 0 Å². The Morgan fingerprint density at radius 2 is 1.55 bits per heavy atom. The zero-order valence-corrected chi connectivity index (χ0v) is 11.3. The highest BCUT2D eigenvalue weighted by Gasteiger charge is 2.01. The molecule has 2 rings (SSSR count). The molecule has 2 aromatic rings. The van der Waals surface area contributed by atoms with E-state index >= 15 is 0 Å². The monoisotopic (exact) mass is 262 g/mol. The summed E-state index contributed by atoms with van der Waals surface area (Å²) >= 11 is 0. The Balaban J connectivity index is 2.16. The zero-order chi connectivity index (χ0) is 14.2. The Kier molecular flexibility index (Phi) is 4.79. The molecule has 0 aliphatic rings. The topological polar surface area (TPSA) is 24.1 Å². The van der Waals surface area contributed by atoms with E-state index < -0.39 is 0 Å². The first-order chi connectivity index (χ1) is 9.79. The van der Waals surface area contributed by atoms with E-state index in [-0.39, 0.29) is 0 Å². The lowest BCUT2D eigenvalue weighted by molar-refractivity contribution is 1.46. The molecular weight excluding hydrogens is 244 g/mol. The van der Waals surface area contributed by atoms with Crippen molar-refractivity contribution in [2.24, 2.45) is 0 Å². The summed E-state index contributed by atoms with van der Waals surface area (Å²) in [6.07, 6.45) is 5.45. The van der Waals surface area contributed by atoms with Crippen molar-refractivity contribution < 1.29 is 0 Å². The third kappa shape index (κ3) is 3.89. The molecule has 0 bridgehead atoms. The average Bonchev–Trinajstić information content (AvgIpc) is 2.48. The number of nitrogens with one attached hydrogen (secondary N) is 2. The first-order valence-corrected chi connectivity index (χ1v) is 6.46. The first-order valence-electron chi connectivity index (χ1n) is 6.46. The van der Waals surface area contributed by atoms with Crippen molar-refractivity contribution in [3.63, 3.8) is 0 Å². The van der Waals surface area contributed by atoms with E-state index in [4.69, 9.17) is 0 Å². The lowest BCUT2D eigenvalue weighted by atomic mass is 10.2. The Hall–Kier alpha value is -2.74. The molecule has 2 N–H and O–H groups in total. The predicted octanol–water partition coefficient (Wildman–Crippen LogP) is 5.10. The summed E-state index contributed by atoms with van der Waals surface area (Å²) in [6.45, 7) is 7.61. The van der Waals surface area contributed by atoms with Gasteiger partial charge in [-0.3, -0.25) is 0 Å². The average molecular weight is 262 g/mol. The van der Waals surface area contributed by atoms with Crippen LogP contribution in [0.3, 0.4) is 0 Å². The largest absolute Gasteiger partial charge is 0.354 e. The standard InChI is InChI=1S/C18H18N2/c1-3-4-10-15(2)19-17-13-8-9-14-18(17)20-16-11-6-5-7-12-16/h3-14,19-20H,1-2H2/b10-4-. The zero-order valence-electron chi connectivity index (χ0n) is 11.3. The van der Waals surface area contributed by atoms with E-state index in [1.54, 1.807) is 6.08 Å². The Morgan fingerprint density at radius 1 is 0.900 bits per heavy atom. The molecule has 0 saturated carbocycles. The van der Waals surface area contributed by atoms with Gasteiger partial charge in [-0.2, -0.15) is 0 Å². The van der Waals surface area contributed by atoms with Gasteiger partial charge < -0.3 is 10.6 Å². The van der Waals surface area contributed by atoms with Crippen LogP contribution in [0, 0.1) is 0 Å². The highest BCUT2D eigenvalue weighted by atomic mass is 15.0. The maximum absolute atomic E-state index is 3.96. The maximum Gasteiger partial charge on any atom is 0.0623 e. The van der Waals surface area contributed by atoms with Gasteiger partial charge in [0, 0.05) is 11.4 Å². The van der Waals surface area contributed by atoms with Crippen LogP contribution in [0.5, 0.6) is 0 Å². The van der Waals surface area contributed by atoms with E-state index in [0.29, 0.717) is 0 Å². The van der Waals surface area contributed by atoms with Crippen molar-refractivity contribution in [3.8, 4) is 0 Å². The summed E-state index contributed by atoms with van der Waals surface area (Å²) < 4.78 is 0. The minimum atomic E-state index is 0.812. The molecule has 0 fully saturated rings. The van der Waals surface area contributed by atoms with Crippen LogP contribution in [0.2, 0.25) is 0 Å². The number of anilines is 3. The molecular formula is C18H18N2. The van der Waals surface area contributed by atoms with Crippen molar-refractivity contribution in [2.75, 3.05) is 10.6 Å². The molecule has 0 amide bonds. The quantitative estimate of drug-likeness (QED) is 0.708. The van der Waals surface area contributed by atoms with E-state index in [1.807, 2.05) is 66.7 Å². The third-order valence-corrected chi connectivity index (χ3v) is 2.71. The summed E-state index contributed by atoms with van der Waals surface area (Å²) in [4.78, 5) is 0. The Labute approximate surface area is 120 Å². The number of hydrogen-bond donors (Lipinski definition) is 2. The molecule has 0 heterocycles. The van der Waals surface area contributed by atoms with Crippen LogP contribution in [0.25, 0.3) is 0 Å². The predicted molar refractivity (Wildman–Crippen MR) is 88.3 cm³/mol. The normalized spacial score (nSPS) is 10.2.